The molecule has 0 fully saturated rings. The van der Waals surface area contributed by atoms with Gasteiger partial charge in [0.25, 0.3) is 0 Å². The molecule has 0 N–H and O–H groups in total. The Labute approximate surface area is 52.7 Å². The van der Waals surface area contributed by atoms with Gasteiger partial charge in [0.15, 0.2) is 0 Å². The zero-order chi connectivity index (χ0) is 6.69. The first-order valence-corrected chi connectivity index (χ1v) is 2.62. The summed E-state index contributed by atoms with van der Waals surface area (Å²) in [5.41, 5.74) is 0.630. The SMILES string of the molecule is CC([C]=O)c1ccon1. The van der Waals surface area contributed by atoms with Crippen LogP contribution in [0.3, 0.4) is 0 Å². The van der Waals surface area contributed by atoms with Crippen molar-refractivity contribution < 1.29 is 9.32 Å². The van der Waals surface area contributed by atoms with E-state index in [1.54, 1.807) is 19.3 Å². The first-order chi connectivity index (χ1) is 4.34. The number of carbonyl (C=O) groups excluding carboxylic acids is 1. The van der Waals surface area contributed by atoms with Crippen molar-refractivity contribution in [2.24, 2.45) is 0 Å². The normalized spacial score (nSPS) is 13.0. The van der Waals surface area contributed by atoms with E-state index in [1.165, 1.54) is 6.26 Å². The molecular formula is C6H6NO2. The Balaban J connectivity index is 2.76. The van der Waals surface area contributed by atoms with E-state index in [4.69, 9.17) is 0 Å². The molecule has 9 heavy (non-hydrogen) atoms. The standard InChI is InChI=1S/C6H6NO2/c1-5(4-8)6-2-3-9-7-6/h2-3,5H,1H3. The van der Waals surface area contributed by atoms with E-state index in [2.05, 4.69) is 9.68 Å². The maximum Gasteiger partial charge on any atom is 0.207 e. The van der Waals surface area contributed by atoms with Crippen LogP contribution >= 0.6 is 0 Å². The van der Waals surface area contributed by atoms with Crippen molar-refractivity contribution in [3.63, 3.8) is 0 Å². The van der Waals surface area contributed by atoms with Gasteiger partial charge in [-0.15, -0.1) is 0 Å². The Kier molecular flexibility index (Phi) is 1.63. The summed E-state index contributed by atoms with van der Waals surface area (Å²) < 4.78 is 4.51. The van der Waals surface area contributed by atoms with Crippen LogP contribution in [0.1, 0.15) is 18.5 Å². The third-order valence-corrected chi connectivity index (χ3v) is 1.08. The van der Waals surface area contributed by atoms with Gasteiger partial charge >= 0.3 is 0 Å². The second-order valence-electron chi connectivity index (χ2n) is 1.76. The third-order valence-electron chi connectivity index (χ3n) is 1.08. The largest absolute Gasteiger partial charge is 0.364 e. The highest BCUT2D eigenvalue weighted by atomic mass is 16.5. The molecule has 1 aromatic rings. The van der Waals surface area contributed by atoms with Gasteiger partial charge in [0.05, 0.1) is 11.6 Å². The van der Waals surface area contributed by atoms with Crippen molar-refractivity contribution in [1.82, 2.24) is 5.16 Å². The van der Waals surface area contributed by atoms with E-state index < -0.39 is 0 Å². The van der Waals surface area contributed by atoms with Crippen molar-refractivity contribution in [3.05, 3.63) is 18.0 Å². The van der Waals surface area contributed by atoms with E-state index in [9.17, 15) is 4.79 Å². The molecule has 1 radical (unpaired) electrons. The van der Waals surface area contributed by atoms with Crippen LogP contribution in [0.15, 0.2) is 16.9 Å². The molecule has 1 atom stereocenters. The van der Waals surface area contributed by atoms with Crippen LogP contribution in [0.2, 0.25) is 0 Å². The fourth-order valence-electron chi connectivity index (χ4n) is 0.506. The molecular weight excluding hydrogens is 118 g/mol. The summed E-state index contributed by atoms with van der Waals surface area (Å²) in [6.07, 6.45) is 3.23. The minimum atomic E-state index is -0.274. The summed E-state index contributed by atoms with van der Waals surface area (Å²) in [6.45, 7) is 1.71. The Morgan fingerprint density at radius 2 is 2.67 bits per heavy atom. The second-order valence-corrected chi connectivity index (χ2v) is 1.76. The lowest BCUT2D eigenvalue weighted by Crippen LogP contribution is -1.92. The number of nitrogens with zero attached hydrogens (tertiary/aromatic N) is 1. The van der Waals surface area contributed by atoms with Gasteiger partial charge in [-0.25, -0.2) is 0 Å². The van der Waals surface area contributed by atoms with E-state index in [0.29, 0.717) is 5.69 Å². The molecule has 1 heterocycles. The van der Waals surface area contributed by atoms with Crippen LogP contribution in [-0.4, -0.2) is 11.4 Å². The maximum absolute atomic E-state index is 10.00. The Hall–Kier alpha value is -1.12. The molecule has 1 aromatic heterocycles. The van der Waals surface area contributed by atoms with Crippen LogP contribution in [0.5, 0.6) is 0 Å². The van der Waals surface area contributed by atoms with Gasteiger partial charge in [0.2, 0.25) is 6.29 Å². The quantitative estimate of drug-likeness (QED) is 0.588. The lowest BCUT2D eigenvalue weighted by atomic mass is 10.1. The van der Waals surface area contributed by atoms with Crippen molar-refractivity contribution >= 4 is 6.29 Å². The number of hydrogen-bond acceptors (Lipinski definition) is 3. The summed E-state index contributed by atoms with van der Waals surface area (Å²) >= 11 is 0. The zero-order valence-electron chi connectivity index (χ0n) is 5.00. The topological polar surface area (TPSA) is 43.1 Å². The Morgan fingerprint density at radius 1 is 1.89 bits per heavy atom. The van der Waals surface area contributed by atoms with Gasteiger partial charge in [-0.3, -0.25) is 4.79 Å². The molecule has 0 aromatic carbocycles. The van der Waals surface area contributed by atoms with Gasteiger partial charge in [-0.1, -0.05) is 5.16 Å². The fourth-order valence-corrected chi connectivity index (χ4v) is 0.506. The van der Waals surface area contributed by atoms with Crippen molar-refractivity contribution in [1.29, 1.82) is 0 Å². The minimum Gasteiger partial charge on any atom is -0.364 e. The number of hydrogen-bond donors (Lipinski definition) is 0. The Bertz CT molecular complexity index is 181. The Morgan fingerprint density at radius 3 is 3.11 bits per heavy atom. The summed E-state index contributed by atoms with van der Waals surface area (Å²) in [7, 11) is 0. The molecule has 0 aliphatic rings. The van der Waals surface area contributed by atoms with Gasteiger partial charge in [-0.05, 0) is 6.92 Å². The smallest absolute Gasteiger partial charge is 0.207 e. The van der Waals surface area contributed by atoms with E-state index in [1.807, 2.05) is 0 Å². The highest BCUT2D eigenvalue weighted by molar-refractivity contribution is 5.60. The number of aromatic nitrogens is 1. The van der Waals surface area contributed by atoms with Gasteiger partial charge < -0.3 is 4.52 Å². The van der Waals surface area contributed by atoms with E-state index in [0.717, 1.165) is 0 Å². The van der Waals surface area contributed by atoms with Crippen LogP contribution in [-0.2, 0) is 4.79 Å². The van der Waals surface area contributed by atoms with E-state index >= 15 is 0 Å². The highest BCUT2D eigenvalue weighted by Gasteiger charge is 2.06. The van der Waals surface area contributed by atoms with Crippen molar-refractivity contribution in [2.45, 2.75) is 12.8 Å². The molecule has 47 valence electrons. The summed E-state index contributed by atoms with van der Waals surface area (Å²) in [5.74, 6) is -0.274. The van der Waals surface area contributed by atoms with E-state index in [-0.39, 0.29) is 5.92 Å². The van der Waals surface area contributed by atoms with Crippen LogP contribution < -0.4 is 0 Å². The molecule has 1 rings (SSSR count). The predicted molar refractivity (Wildman–Crippen MR) is 30.6 cm³/mol. The molecule has 0 saturated carbocycles. The molecule has 0 saturated heterocycles. The van der Waals surface area contributed by atoms with Gasteiger partial charge in [0.1, 0.15) is 6.26 Å². The molecule has 0 bridgehead atoms. The lowest BCUT2D eigenvalue weighted by Gasteiger charge is -1.90. The zero-order valence-corrected chi connectivity index (χ0v) is 5.00. The average molecular weight is 124 g/mol. The van der Waals surface area contributed by atoms with Crippen LogP contribution in [0.25, 0.3) is 0 Å². The molecule has 0 aliphatic heterocycles. The highest BCUT2D eigenvalue weighted by Crippen LogP contribution is 2.07. The van der Waals surface area contributed by atoms with Gasteiger partial charge in [-0.2, -0.15) is 0 Å². The first-order valence-electron chi connectivity index (χ1n) is 2.62. The van der Waals surface area contributed by atoms with Crippen molar-refractivity contribution in [3.8, 4) is 0 Å². The molecule has 1 unspecified atom stereocenters. The van der Waals surface area contributed by atoms with Gasteiger partial charge in [0, 0.05) is 6.07 Å². The third kappa shape index (κ3) is 1.16. The fraction of sp³-hybridized carbons (Fsp3) is 0.333. The van der Waals surface area contributed by atoms with Crippen molar-refractivity contribution in [2.75, 3.05) is 0 Å². The lowest BCUT2D eigenvalue weighted by molar-refractivity contribution is 0.410. The molecule has 0 spiro atoms. The minimum absolute atomic E-state index is 0.274. The first kappa shape index (κ1) is 6.01. The average Bonchev–Trinajstić information content (AvgIpc) is 2.37. The van der Waals surface area contributed by atoms with Crippen LogP contribution in [0, 0.1) is 0 Å². The predicted octanol–water partition coefficient (Wildman–Crippen LogP) is 0.888. The second kappa shape index (κ2) is 2.44. The maximum atomic E-state index is 10.00. The summed E-state index contributed by atoms with van der Waals surface area (Å²) in [4.78, 5) is 10.00. The monoisotopic (exact) mass is 124 g/mol. The number of rotatable bonds is 2. The molecule has 0 amide bonds. The molecule has 0 aliphatic carbocycles. The van der Waals surface area contributed by atoms with Crippen LogP contribution in [0.4, 0.5) is 0 Å². The molecule has 3 nitrogen and oxygen atoms in total. The molecule has 3 heteroatoms. The summed E-state index contributed by atoms with van der Waals surface area (Å²) in [6, 6.07) is 1.65. The summed E-state index contributed by atoms with van der Waals surface area (Å²) in [5, 5.41) is 3.55.